The van der Waals surface area contributed by atoms with Crippen molar-refractivity contribution in [3.05, 3.63) is 47.5 Å². The second-order valence-electron chi connectivity index (χ2n) is 10.1. The molecule has 156 valence electrons. The van der Waals surface area contributed by atoms with Gasteiger partial charge in [0.05, 0.1) is 0 Å². The first kappa shape index (κ1) is 19.3. The van der Waals surface area contributed by atoms with Gasteiger partial charge in [-0.3, -0.25) is 13.6 Å². The van der Waals surface area contributed by atoms with Gasteiger partial charge in [0.15, 0.2) is 5.75 Å². The SMILES string of the molecule is CC(C)(C)c1ccc2cc([P+]34Oc5cc(O)c(O)c(c5O3)O4)c(C(C)(C)C)cc2c1. The minimum atomic E-state index is -2.98. The van der Waals surface area contributed by atoms with Crippen LogP contribution < -0.4 is 18.9 Å². The summed E-state index contributed by atoms with van der Waals surface area (Å²) in [6.45, 7) is 13.1. The molecule has 2 N–H and O–H groups in total. The van der Waals surface area contributed by atoms with Gasteiger partial charge in [0.25, 0.3) is 11.5 Å². The van der Waals surface area contributed by atoms with E-state index < -0.39 is 7.94 Å². The average molecular weight is 425 g/mol. The maximum Gasteiger partial charge on any atom is 0.581 e. The van der Waals surface area contributed by atoms with Crippen LogP contribution in [0.25, 0.3) is 10.8 Å². The molecule has 0 aromatic heterocycles. The summed E-state index contributed by atoms with van der Waals surface area (Å²) in [5, 5.41) is 23.2. The molecule has 0 aliphatic carbocycles. The zero-order valence-corrected chi connectivity index (χ0v) is 18.9. The van der Waals surface area contributed by atoms with Gasteiger partial charge >= 0.3 is 7.94 Å². The molecule has 0 radical (unpaired) electrons. The molecule has 5 nitrogen and oxygen atoms in total. The van der Waals surface area contributed by atoms with E-state index in [0.29, 0.717) is 11.5 Å². The standard InChI is InChI=1S/C24H25O5P/c1-23(2,3)15-8-7-13-11-19(16(24(4,5)6)10-14(13)9-15)30-27-18-12-17(25)20(26)22(29-30)21(18)28-30/h7-12H,1-6H3,(H-,25,26)/p+1. The smallest absolute Gasteiger partial charge is 0.504 e. The van der Waals surface area contributed by atoms with Crippen molar-refractivity contribution in [3.8, 4) is 28.7 Å². The third-order valence-electron chi connectivity index (χ3n) is 5.72. The largest absolute Gasteiger partial charge is 0.581 e. The molecule has 1 unspecified atom stereocenters. The highest BCUT2D eigenvalue weighted by molar-refractivity contribution is 7.71. The van der Waals surface area contributed by atoms with Gasteiger partial charge in [0.1, 0.15) is 0 Å². The molecule has 2 bridgehead atoms. The maximum atomic E-state index is 10.2. The highest BCUT2D eigenvalue weighted by Crippen LogP contribution is 2.78. The molecular weight excluding hydrogens is 399 g/mol. The van der Waals surface area contributed by atoms with Gasteiger partial charge < -0.3 is 10.2 Å². The third kappa shape index (κ3) is 2.65. The lowest BCUT2D eigenvalue weighted by Gasteiger charge is -2.25. The van der Waals surface area contributed by atoms with Crippen LogP contribution in [0.4, 0.5) is 0 Å². The van der Waals surface area contributed by atoms with E-state index in [4.69, 9.17) is 13.6 Å². The van der Waals surface area contributed by atoms with E-state index in [9.17, 15) is 10.2 Å². The molecule has 5 rings (SSSR count). The number of hydrogen-bond donors (Lipinski definition) is 2. The van der Waals surface area contributed by atoms with Gasteiger partial charge in [-0.15, -0.1) is 0 Å². The molecule has 0 fully saturated rings. The number of benzene rings is 3. The average Bonchev–Trinajstić information content (AvgIpc) is 3.21. The van der Waals surface area contributed by atoms with Crippen LogP contribution >= 0.6 is 7.94 Å². The molecule has 0 saturated carbocycles. The first-order valence-corrected chi connectivity index (χ1v) is 11.6. The van der Waals surface area contributed by atoms with Crippen molar-refractivity contribution in [2.75, 3.05) is 0 Å². The fourth-order valence-electron chi connectivity index (χ4n) is 3.99. The maximum absolute atomic E-state index is 10.2. The molecule has 0 saturated heterocycles. The van der Waals surface area contributed by atoms with Gasteiger partial charge in [-0.05, 0) is 39.3 Å². The van der Waals surface area contributed by atoms with Crippen LogP contribution in [0.3, 0.4) is 0 Å². The van der Waals surface area contributed by atoms with Gasteiger partial charge in [-0.2, -0.15) is 0 Å². The topological polar surface area (TPSA) is 68.2 Å². The predicted octanol–water partition coefficient (Wildman–Crippen LogP) is 6.10. The minimum absolute atomic E-state index is 0.0585. The summed E-state index contributed by atoms with van der Waals surface area (Å²) in [5.41, 5.74) is 2.22. The number of fused-ring (bicyclic) bond motifs is 2. The Morgan fingerprint density at radius 3 is 2.10 bits per heavy atom. The summed E-state index contributed by atoms with van der Waals surface area (Å²) in [7, 11) is -2.98. The van der Waals surface area contributed by atoms with Gasteiger partial charge in [0.2, 0.25) is 16.8 Å². The van der Waals surface area contributed by atoms with E-state index >= 15 is 0 Å². The van der Waals surface area contributed by atoms with Crippen LogP contribution in [0.1, 0.15) is 52.7 Å². The Kier molecular flexibility index (Phi) is 3.69. The van der Waals surface area contributed by atoms with Crippen molar-refractivity contribution >= 4 is 24.0 Å². The molecule has 3 aromatic carbocycles. The monoisotopic (exact) mass is 425 g/mol. The van der Waals surface area contributed by atoms with Crippen molar-refractivity contribution in [2.24, 2.45) is 0 Å². The molecule has 0 amide bonds. The zero-order chi connectivity index (χ0) is 21.6. The lowest BCUT2D eigenvalue weighted by molar-refractivity contribution is 0.372. The van der Waals surface area contributed by atoms with Crippen LogP contribution in [0.2, 0.25) is 0 Å². The number of aromatic hydroxyl groups is 2. The molecule has 1 atom stereocenters. The van der Waals surface area contributed by atoms with Crippen molar-refractivity contribution in [2.45, 2.75) is 52.4 Å². The fourth-order valence-corrected chi connectivity index (χ4v) is 6.60. The summed E-state index contributed by atoms with van der Waals surface area (Å²) in [5.74, 6) is 0.334. The second-order valence-corrected chi connectivity index (χ2v) is 12.1. The van der Waals surface area contributed by atoms with Crippen molar-refractivity contribution in [1.29, 1.82) is 0 Å². The lowest BCUT2D eigenvalue weighted by atomic mass is 9.83. The highest BCUT2D eigenvalue weighted by Gasteiger charge is 2.68. The number of hydrogen-bond acceptors (Lipinski definition) is 5. The highest BCUT2D eigenvalue weighted by atomic mass is 31.2. The van der Waals surface area contributed by atoms with E-state index in [2.05, 4.69) is 71.9 Å². The van der Waals surface area contributed by atoms with E-state index in [1.54, 1.807) is 0 Å². The van der Waals surface area contributed by atoms with Gasteiger partial charge in [0, 0.05) is 11.6 Å². The Bertz CT molecular complexity index is 1220. The second kappa shape index (κ2) is 5.73. The molecule has 2 aliphatic heterocycles. The van der Waals surface area contributed by atoms with E-state index in [1.165, 1.54) is 11.6 Å². The molecule has 2 aliphatic rings. The number of phenols is 2. The summed E-state index contributed by atoms with van der Waals surface area (Å²) in [4.78, 5) is 0. The van der Waals surface area contributed by atoms with E-state index in [1.807, 2.05) is 0 Å². The molecule has 0 spiro atoms. The first-order chi connectivity index (χ1) is 13.9. The Hall–Kier alpha value is -2.65. The molecule has 6 heteroatoms. The molecule has 2 heterocycles. The van der Waals surface area contributed by atoms with Crippen LogP contribution in [0.5, 0.6) is 28.7 Å². The lowest BCUT2D eigenvalue weighted by Crippen LogP contribution is -2.30. The fraction of sp³-hybridized carbons (Fsp3) is 0.333. The van der Waals surface area contributed by atoms with Crippen molar-refractivity contribution in [1.82, 2.24) is 0 Å². The Balaban J connectivity index is 1.72. The predicted molar refractivity (Wildman–Crippen MR) is 120 cm³/mol. The third-order valence-corrected chi connectivity index (χ3v) is 7.96. The minimum Gasteiger partial charge on any atom is -0.504 e. The van der Waals surface area contributed by atoms with Crippen LogP contribution in [0, 0.1) is 0 Å². The zero-order valence-electron chi connectivity index (χ0n) is 18.0. The Morgan fingerprint density at radius 2 is 1.43 bits per heavy atom. The molecule has 30 heavy (non-hydrogen) atoms. The molecular formula is C24H26O5P+. The van der Waals surface area contributed by atoms with Gasteiger partial charge in [-0.25, -0.2) is 0 Å². The Morgan fingerprint density at radius 1 is 0.733 bits per heavy atom. The van der Waals surface area contributed by atoms with E-state index in [0.717, 1.165) is 21.6 Å². The van der Waals surface area contributed by atoms with Crippen molar-refractivity contribution in [3.63, 3.8) is 0 Å². The number of phenolic OH excluding ortho intramolecular Hbond substituents is 2. The van der Waals surface area contributed by atoms with Crippen molar-refractivity contribution < 1.29 is 23.8 Å². The van der Waals surface area contributed by atoms with E-state index in [-0.39, 0.29) is 28.1 Å². The normalized spacial score (nSPS) is 19.5. The quantitative estimate of drug-likeness (QED) is 0.364. The summed E-state index contributed by atoms with van der Waals surface area (Å²) in [6.07, 6.45) is 0. The molecule has 3 aromatic rings. The number of rotatable bonds is 1. The van der Waals surface area contributed by atoms with Crippen LogP contribution in [-0.4, -0.2) is 10.2 Å². The Labute approximate surface area is 176 Å². The summed E-state index contributed by atoms with van der Waals surface area (Å²) < 4.78 is 18.4. The van der Waals surface area contributed by atoms with Crippen LogP contribution in [-0.2, 0) is 10.8 Å². The summed E-state index contributed by atoms with van der Waals surface area (Å²) >= 11 is 0. The van der Waals surface area contributed by atoms with Gasteiger partial charge in [-0.1, -0.05) is 59.7 Å². The summed E-state index contributed by atoms with van der Waals surface area (Å²) in [6, 6.07) is 12.2. The first-order valence-electron chi connectivity index (χ1n) is 10.1. The van der Waals surface area contributed by atoms with Crippen LogP contribution in [0.15, 0.2) is 36.4 Å².